The van der Waals surface area contributed by atoms with Crippen LogP contribution in [0.15, 0.2) is 24.3 Å². The van der Waals surface area contributed by atoms with Crippen molar-refractivity contribution in [1.82, 2.24) is 4.90 Å². The molecular weight excluding hydrogens is 278 g/mol. The number of likely N-dealkylation sites (N-methyl/N-ethyl adjacent to an activating group) is 1. The van der Waals surface area contributed by atoms with E-state index in [0.29, 0.717) is 18.2 Å². The summed E-state index contributed by atoms with van der Waals surface area (Å²) < 4.78 is 5.17. The van der Waals surface area contributed by atoms with Gasteiger partial charge in [-0.3, -0.25) is 4.79 Å². The van der Waals surface area contributed by atoms with E-state index in [0.717, 1.165) is 18.4 Å². The van der Waals surface area contributed by atoms with Crippen LogP contribution in [-0.4, -0.2) is 36.6 Å². The SMILES string of the molecule is COc1cccc(C(O)CN(C)C(=O)C(C)C2CCCC2)c1. The molecule has 22 heavy (non-hydrogen) atoms. The molecule has 2 unspecified atom stereocenters. The van der Waals surface area contributed by atoms with E-state index in [-0.39, 0.29) is 11.8 Å². The first kappa shape index (κ1) is 16.8. The molecule has 2 rings (SSSR count). The minimum atomic E-state index is -0.695. The number of aliphatic hydroxyl groups is 1. The van der Waals surface area contributed by atoms with Gasteiger partial charge in [-0.1, -0.05) is 31.9 Å². The first-order valence-electron chi connectivity index (χ1n) is 8.10. The van der Waals surface area contributed by atoms with Crippen LogP contribution >= 0.6 is 0 Å². The maximum atomic E-state index is 12.5. The van der Waals surface area contributed by atoms with Gasteiger partial charge in [0.05, 0.1) is 19.8 Å². The topological polar surface area (TPSA) is 49.8 Å². The third-order valence-corrected chi connectivity index (χ3v) is 4.80. The van der Waals surface area contributed by atoms with E-state index in [2.05, 4.69) is 0 Å². The lowest BCUT2D eigenvalue weighted by Gasteiger charge is -2.27. The maximum absolute atomic E-state index is 12.5. The van der Waals surface area contributed by atoms with Gasteiger partial charge in [-0.15, -0.1) is 0 Å². The van der Waals surface area contributed by atoms with Crippen LogP contribution in [0.4, 0.5) is 0 Å². The van der Waals surface area contributed by atoms with Crippen LogP contribution in [0.2, 0.25) is 0 Å². The highest BCUT2D eigenvalue weighted by Gasteiger charge is 2.29. The number of rotatable bonds is 6. The lowest BCUT2D eigenvalue weighted by Crippen LogP contribution is -2.37. The molecule has 1 saturated carbocycles. The molecule has 1 N–H and O–H groups in total. The lowest BCUT2D eigenvalue weighted by atomic mass is 9.91. The second-order valence-electron chi connectivity index (χ2n) is 6.34. The van der Waals surface area contributed by atoms with Gasteiger partial charge in [0, 0.05) is 13.0 Å². The summed E-state index contributed by atoms with van der Waals surface area (Å²) in [7, 11) is 3.38. The fourth-order valence-corrected chi connectivity index (χ4v) is 3.31. The van der Waals surface area contributed by atoms with E-state index in [9.17, 15) is 9.90 Å². The lowest BCUT2D eigenvalue weighted by molar-refractivity contribution is -0.136. The van der Waals surface area contributed by atoms with Gasteiger partial charge in [-0.05, 0) is 36.5 Å². The first-order chi connectivity index (χ1) is 10.5. The summed E-state index contributed by atoms with van der Waals surface area (Å²) in [5.74, 6) is 1.40. The molecule has 0 radical (unpaired) electrons. The van der Waals surface area contributed by atoms with Gasteiger partial charge in [-0.2, -0.15) is 0 Å². The van der Waals surface area contributed by atoms with Crippen molar-refractivity contribution >= 4 is 5.91 Å². The zero-order chi connectivity index (χ0) is 16.1. The minimum Gasteiger partial charge on any atom is -0.497 e. The molecule has 1 aliphatic carbocycles. The fourth-order valence-electron chi connectivity index (χ4n) is 3.31. The van der Waals surface area contributed by atoms with Crippen LogP contribution < -0.4 is 4.74 Å². The van der Waals surface area contributed by atoms with Crippen LogP contribution in [0.3, 0.4) is 0 Å². The zero-order valence-corrected chi connectivity index (χ0v) is 13.8. The Bertz CT molecular complexity index is 497. The molecule has 1 fully saturated rings. The molecule has 0 saturated heterocycles. The molecule has 4 heteroatoms. The number of hydrogen-bond donors (Lipinski definition) is 1. The van der Waals surface area contributed by atoms with Gasteiger partial charge in [0.25, 0.3) is 0 Å². The number of carbonyl (C=O) groups is 1. The normalized spacial score (nSPS) is 18.0. The number of hydrogen-bond acceptors (Lipinski definition) is 3. The number of nitrogens with zero attached hydrogens (tertiary/aromatic N) is 1. The van der Waals surface area contributed by atoms with Crippen LogP contribution in [-0.2, 0) is 4.79 Å². The van der Waals surface area contributed by atoms with E-state index < -0.39 is 6.10 Å². The average molecular weight is 305 g/mol. The molecule has 0 heterocycles. The number of ether oxygens (including phenoxy) is 1. The first-order valence-corrected chi connectivity index (χ1v) is 8.10. The standard InChI is InChI=1S/C18H27NO3/c1-13(14-7-4-5-8-14)18(21)19(2)12-17(20)15-9-6-10-16(11-15)22-3/h6,9-11,13-14,17,20H,4-5,7-8,12H2,1-3H3. The van der Waals surface area contributed by atoms with E-state index in [1.165, 1.54) is 12.8 Å². The van der Waals surface area contributed by atoms with Crippen molar-refractivity contribution < 1.29 is 14.6 Å². The van der Waals surface area contributed by atoms with Gasteiger partial charge in [-0.25, -0.2) is 0 Å². The Hall–Kier alpha value is -1.55. The van der Waals surface area contributed by atoms with Crippen LogP contribution in [0.1, 0.15) is 44.3 Å². The molecule has 1 aromatic carbocycles. The third kappa shape index (κ3) is 4.01. The molecule has 0 aromatic heterocycles. The zero-order valence-electron chi connectivity index (χ0n) is 13.8. The Morgan fingerprint density at radius 3 is 2.73 bits per heavy atom. The molecule has 2 atom stereocenters. The molecule has 122 valence electrons. The summed E-state index contributed by atoms with van der Waals surface area (Å²) in [5.41, 5.74) is 0.771. The summed E-state index contributed by atoms with van der Waals surface area (Å²) >= 11 is 0. The number of benzene rings is 1. The summed E-state index contributed by atoms with van der Waals surface area (Å²) in [6, 6.07) is 7.35. The molecule has 1 amide bonds. The monoisotopic (exact) mass is 305 g/mol. The van der Waals surface area contributed by atoms with E-state index in [1.807, 2.05) is 31.2 Å². The number of amides is 1. The van der Waals surface area contributed by atoms with E-state index in [4.69, 9.17) is 4.74 Å². The Morgan fingerprint density at radius 2 is 2.09 bits per heavy atom. The summed E-state index contributed by atoms with van der Waals surface area (Å²) in [5, 5.41) is 10.4. The molecule has 1 aliphatic rings. The molecule has 0 bridgehead atoms. The molecule has 1 aromatic rings. The van der Waals surface area contributed by atoms with Crippen molar-refractivity contribution in [2.24, 2.45) is 11.8 Å². The summed E-state index contributed by atoms with van der Waals surface area (Å²) in [6.07, 6.45) is 4.08. The van der Waals surface area contributed by atoms with Crippen LogP contribution in [0.5, 0.6) is 5.75 Å². The summed E-state index contributed by atoms with van der Waals surface area (Å²) in [4.78, 5) is 14.2. The largest absolute Gasteiger partial charge is 0.497 e. The van der Waals surface area contributed by atoms with Gasteiger partial charge < -0.3 is 14.7 Å². The Labute approximate surface area is 133 Å². The smallest absolute Gasteiger partial charge is 0.225 e. The molecule has 0 aliphatic heterocycles. The molecular formula is C18H27NO3. The second kappa shape index (κ2) is 7.63. The average Bonchev–Trinajstić information content (AvgIpc) is 3.07. The fraction of sp³-hybridized carbons (Fsp3) is 0.611. The molecule has 0 spiro atoms. The van der Waals surface area contributed by atoms with Crippen molar-refractivity contribution in [3.63, 3.8) is 0 Å². The highest BCUT2D eigenvalue weighted by molar-refractivity contribution is 5.78. The highest BCUT2D eigenvalue weighted by Crippen LogP contribution is 2.32. The predicted octanol–water partition coefficient (Wildman–Crippen LogP) is 3.01. The Balaban J connectivity index is 1.94. The van der Waals surface area contributed by atoms with Gasteiger partial charge in [0.2, 0.25) is 5.91 Å². The van der Waals surface area contributed by atoms with E-state index >= 15 is 0 Å². The van der Waals surface area contributed by atoms with Crippen LogP contribution in [0.25, 0.3) is 0 Å². The minimum absolute atomic E-state index is 0.0463. The van der Waals surface area contributed by atoms with Crippen molar-refractivity contribution in [2.75, 3.05) is 20.7 Å². The van der Waals surface area contributed by atoms with Crippen molar-refractivity contribution in [3.8, 4) is 5.75 Å². The highest BCUT2D eigenvalue weighted by atomic mass is 16.5. The Kier molecular flexibility index (Phi) is 5.83. The van der Waals surface area contributed by atoms with Crippen LogP contribution in [0, 0.1) is 11.8 Å². The summed E-state index contributed by atoms with van der Waals surface area (Å²) in [6.45, 7) is 2.33. The number of carbonyl (C=O) groups excluding carboxylic acids is 1. The van der Waals surface area contributed by atoms with Crippen molar-refractivity contribution in [3.05, 3.63) is 29.8 Å². The van der Waals surface area contributed by atoms with Gasteiger partial charge >= 0.3 is 0 Å². The van der Waals surface area contributed by atoms with Crippen molar-refractivity contribution in [2.45, 2.75) is 38.7 Å². The third-order valence-electron chi connectivity index (χ3n) is 4.80. The quantitative estimate of drug-likeness (QED) is 0.879. The van der Waals surface area contributed by atoms with E-state index in [1.54, 1.807) is 19.1 Å². The number of aliphatic hydroxyl groups excluding tert-OH is 1. The van der Waals surface area contributed by atoms with Crippen molar-refractivity contribution in [1.29, 1.82) is 0 Å². The predicted molar refractivity (Wildman–Crippen MR) is 86.7 cm³/mol. The Morgan fingerprint density at radius 1 is 1.41 bits per heavy atom. The van der Waals surface area contributed by atoms with Gasteiger partial charge in [0.15, 0.2) is 0 Å². The second-order valence-corrected chi connectivity index (χ2v) is 6.34. The number of methoxy groups -OCH3 is 1. The van der Waals surface area contributed by atoms with Gasteiger partial charge in [0.1, 0.15) is 5.75 Å². The molecule has 4 nitrogen and oxygen atoms in total. The maximum Gasteiger partial charge on any atom is 0.225 e.